The van der Waals surface area contributed by atoms with Crippen LogP contribution in [-0.4, -0.2) is 37.0 Å². The molecule has 2 aliphatic heterocycles. The Hall–Kier alpha value is -5.04. The molecule has 1 atom stereocenters. The average molecular weight is 533 g/mol. The minimum absolute atomic E-state index is 0.0217. The van der Waals surface area contributed by atoms with E-state index < -0.39 is 17.7 Å². The number of hydrogen-bond donors (Lipinski definition) is 1. The standard InChI is InChI=1S/C33H28N2O5/c1-34-17-18-39-28-16-15-24(20-27(28)34)31(36)29-30(35(33(38)32(29)37)25-12-6-3-7-13-25)23-11-8-14-26(19-23)40-21-22-9-4-2-5-10-22/h2-16,19-20,30,36H,17-18,21H2,1H3/b31-29-. The van der Waals surface area contributed by atoms with Gasteiger partial charge in [0, 0.05) is 18.3 Å². The fourth-order valence-electron chi connectivity index (χ4n) is 5.17. The van der Waals surface area contributed by atoms with Crippen molar-refractivity contribution < 1.29 is 24.2 Å². The number of ether oxygens (including phenoxy) is 2. The molecule has 40 heavy (non-hydrogen) atoms. The van der Waals surface area contributed by atoms with Gasteiger partial charge >= 0.3 is 0 Å². The molecular formula is C33H28N2O5. The van der Waals surface area contributed by atoms with E-state index in [1.807, 2.05) is 84.7 Å². The first-order chi connectivity index (χ1) is 19.5. The van der Waals surface area contributed by atoms with E-state index in [0.29, 0.717) is 48.1 Å². The van der Waals surface area contributed by atoms with Crippen molar-refractivity contribution >= 4 is 28.8 Å². The molecule has 4 aromatic carbocycles. The van der Waals surface area contributed by atoms with Crippen LogP contribution in [0.1, 0.15) is 22.7 Å². The number of nitrogens with zero attached hydrogens (tertiary/aromatic N) is 2. The number of anilines is 2. The Balaban J connectivity index is 1.45. The summed E-state index contributed by atoms with van der Waals surface area (Å²) in [7, 11) is 1.94. The molecule has 0 aliphatic carbocycles. The molecule has 0 radical (unpaired) electrons. The lowest BCUT2D eigenvalue weighted by molar-refractivity contribution is -0.132. The summed E-state index contributed by atoms with van der Waals surface area (Å²) in [5.74, 6) is -0.391. The second kappa shape index (κ2) is 10.6. The number of amides is 1. The van der Waals surface area contributed by atoms with Crippen molar-refractivity contribution in [1.29, 1.82) is 0 Å². The van der Waals surface area contributed by atoms with Crippen molar-refractivity contribution in [1.82, 2.24) is 0 Å². The minimum Gasteiger partial charge on any atom is -0.507 e. The van der Waals surface area contributed by atoms with Gasteiger partial charge in [0.1, 0.15) is 30.5 Å². The van der Waals surface area contributed by atoms with Crippen LogP contribution in [0.2, 0.25) is 0 Å². The monoisotopic (exact) mass is 532 g/mol. The predicted octanol–water partition coefficient (Wildman–Crippen LogP) is 5.72. The molecule has 0 spiro atoms. The lowest BCUT2D eigenvalue weighted by Crippen LogP contribution is -2.29. The van der Waals surface area contributed by atoms with Crippen LogP contribution in [0.25, 0.3) is 5.76 Å². The second-order valence-electron chi connectivity index (χ2n) is 9.80. The molecule has 0 saturated carbocycles. The summed E-state index contributed by atoms with van der Waals surface area (Å²) in [5, 5.41) is 11.6. The van der Waals surface area contributed by atoms with Crippen LogP contribution in [0.4, 0.5) is 11.4 Å². The number of benzene rings is 4. The summed E-state index contributed by atoms with van der Waals surface area (Å²) in [6.07, 6.45) is 0. The number of para-hydroxylation sites is 1. The maximum Gasteiger partial charge on any atom is 0.300 e. The molecule has 7 nitrogen and oxygen atoms in total. The van der Waals surface area contributed by atoms with E-state index in [9.17, 15) is 14.7 Å². The zero-order valence-corrected chi connectivity index (χ0v) is 22.0. The normalized spacial score (nSPS) is 17.9. The molecule has 7 heteroatoms. The van der Waals surface area contributed by atoms with E-state index >= 15 is 0 Å². The molecular weight excluding hydrogens is 504 g/mol. The number of aliphatic hydroxyl groups excluding tert-OH is 1. The van der Waals surface area contributed by atoms with Crippen molar-refractivity contribution in [2.45, 2.75) is 12.6 Å². The molecule has 0 aromatic heterocycles. The van der Waals surface area contributed by atoms with Crippen molar-refractivity contribution in [2.75, 3.05) is 30.0 Å². The van der Waals surface area contributed by atoms with Gasteiger partial charge < -0.3 is 19.5 Å². The van der Waals surface area contributed by atoms with Crippen LogP contribution in [0.5, 0.6) is 11.5 Å². The molecule has 200 valence electrons. The lowest BCUT2D eigenvalue weighted by atomic mass is 9.94. The van der Waals surface area contributed by atoms with Gasteiger partial charge in [-0.3, -0.25) is 14.5 Å². The number of ketones is 1. The van der Waals surface area contributed by atoms with Crippen molar-refractivity contribution in [3.05, 3.63) is 125 Å². The molecule has 0 bridgehead atoms. The third-order valence-corrected chi connectivity index (χ3v) is 7.23. The quantitative estimate of drug-likeness (QED) is 0.194. The molecule has 4 aromatic rings. The fourth-order valence-corrected chi connectivity index (χ4v) is 5.17. The fraction of sp³-hybridized carbons (Fsp3) is 0.152. The van der Waals surface area contributed by atoms with Gasteiger partial charge in [-0.15, -0.1) is 0 Å². The first kappa shape index (κ1) is 25.2. The largest absolute Gasteiger partial charge is 0.507 e. The zero-order chi connectivity index (χ0) is 27.6. The number of hydrogen-bond acceptors (Lipinski definition) is 6. The average Bonchev–Trinajstić information content (AvgIpc) is 3.27. The van der Waals surface area contributed by atoms with Gasteiger partial charge in [-0.1, -0.05) is 60.7 Å². The maximum absolute atomic E-state index is 13.6. The third kappa shape index (κ3) is 4.66. The van der Waals surface area contributed by atoms with E-state index in [2.05, 4.69) is 0 Å². The van der Waals surface area contributed by atoms with Crippen LogP contribution < -0.4 is 19.3 Å². The predicted molar refractivity (Wildman–Crippen MR) is 154 cm³/mol. The summed E-state index contributed by atoms with van der Waals surface area (Å²) in [5.41, 5.74) is 3.48. The summed E-state index contributed by atoms with van der Waals surface area (Å²) in [6, 6.07) is 30.6. The number of aliphatic hydroxyl groups is 1. The van der Waals surface area contributed by atoms with E-state index in [1.165, 1.54) is 4.90 Å². The number of Topliss-reactive ketones (excluding diaryl/α,β-unsaturated/α-hetero) is 1. The highest BCUT2D eigenvalue weighted by molar-refractivity contribution is 6.51. The van der Waals surface area contributed by atoms with E-state index in [1.54, 1.807) is 30.3 Å². The summed E-state index contributed by atoms with van der Waals surface area (Å²) >= 11 is 0. The Labute approximate surface area is 232 Å². The molecule has 1 amide bonds. The van der Waals surface area contributed by atoms with Crippen LogP contribution in [-0.2, 0) is 16.2 Å². The minimum atomic E-state index is -0.854. The molecule has 1 N–H and O–H groups in total. The number of carbonyl (C=O) groups is 2. The number of fused-ring (bicyclic) bond motifs is 1. The zero-order valence-electron chi connectivity index (χ0n) is 22.0. The number of likely N-dealkylation sites (N-methyl/N-ethyl adjacent to an activating group) is 1. The highest BCUT2D eigenvalue weighted by Gasteiger charge is 2.47. The number of rotatable bonds is 6. The Morgan fingerprint density at radius 3 is 2.45 bits per heavy atom. The van der Waals surface area contributed by atoms with Gasteiger partial charge in [-0.05, 0) is 53.6 Å². The smallest absolute Gasteiger partial charge is 0.300 e. The summed E-state index contributed by atoms with van der Waals surface area (Å²) < 4.78 is 11.8. The van der Waals surface area contributed by atoms with E-state index in [4.69, 9.17) is 9.47 Å². The Kier molecular flexibility index (Phi) is 6.70. The van der Waals surface area contributed by atoms with Crippen molar-refractivity contribution in [3.8, 4) is 11.5 Å². The van der Waals surface area contributed by atoms with Gasteiger partial charge in [-0.25, -0.2) is 0 Å². The second-order valence-corrected chi connectivity index (χ2v) is 9.80. The molecule has 1 fully saturated rings. The van der Waals surface area contributed by atoms with Crippen LogP contribution in [0.15, 0.2) is 109 Å². The molecule has 6 rings (SSSR count). The third-order valence-electron chi connectivity index (χ3n) is 7.23. The molecule has 1 unspecified atom stereocenters. The Morgan fingerprint density at radius 1 is 0.925 bits per heavy atom. The Morgan fingerprint density at radius 2 is 1.68 bits per heavy atom. The van der Waals surface area contributed by atoms with Gasteiger partial charge in [0.25, 0.3) is 11.7 Å². The van der Waals surface area contributed by atoms with Crippen LogP contribution in [0.3, 0.4) is 0 Å². The van der Waals surface area contributed by atoms with Crippen molar-refractivity contribution in [3.63, 3.8) is 0 Å². The van der Waals surface area contributed by atoms with Gasteiger partial charge in [0.05, 0.1) is 23.8 Å². The summed E-state index contributed by atoms with van der Waals surface area (Å²) in [6.45, 7) is 1.64. The highest BCUT2D eigenvalue weighted by atomic mass is 16.5. The molecule has 2 heterocycles. The van der Waals surface area contributed by atoms with Gasteiger partial charge in [-0.2, -0.15) is 0 Å². The first-order valence-corrected chi connectivity index (χ1v) is 13.1. The highest BCUT2D eigenvalue weighted by Crippen LogP contribution is 2.43. The van der Waals surface area contributed by atoms with Crippen molar-refractivity contribution in [2.24, 2.45) is 0 Å². The van der Waals surface area contributed by atoms with Crippen LogP contribution >= 0.6 is 0 Å². The molecule has 2 aliphatic rings. The first-order valence-electron chi connectivity index (χ1n) is 13.1. The van der Waals surface area contributed by atoms with Gasteiger partial charge in [0.15, 0.2) is 0 Å². The summed E-state index contributed by atoms with van der Waals surface area (Å²) in [4.78, 5) is 30.5. The topological polar surface area (TPSA) is 79.3 Å². The number of carbonyl (C=O) groups excluding carboxylic acids is 2. The van der Waals surface area contributed by atoms with Crippen LogP contribution in [0, 0.1) is 0 Å². The van der Waals surface area contributed by atoms with E-state index in [0.717, 1.165) is 11.3 Å². The SMILES string of the molecule is CN1CCOc2ccc(/C(O)=C3/C(=O)C(=O)N(c4ccccc4)C3c3cccc(OCc4ccccc4)c3)cc21. The lowest BCUT2D eigenvalue weighted by Gasteiger charge is -2.28. The maximum atomic E-state index is 13.6. The van der Waals surface area contributed by atoms with Gasteiger partial charge in [0.2, 0.25) is 0 Å². The molecule has 1 saturated heterocycles. The van der Waals surface area contributed by atoms with E-state index in [-0.39, 0.29) is 11.3 Å². The Bertz CT molecular complexity index is 1600.